The van der Waals surface area contributed by atoms with Crippen LogP contribution >= 0.6 is 11.6 Å². The van der Waals surface area contributed by atoms with Crippen LogP contribution in [0.4, 0.5) is 25.8 Å². The average molecular weight is 434 g/mol. The smallest absolute Gasteiger partial charge is 0.271 e. The molecule has 2 aromatic carbocycles. The number of nitro groups is 1. The highest BCUT2D eigenvalue weighted by Gasteiger charge is 2.30. The zero-order valence-electron chi connectivity index (χ0n) is 14.5. The summed E-state index contributed by atoms with van der Waals surface area (Å²) in [5, 5.41) is 13.2. The van der Waals surface area contributed by atoms with Gasteiger partial charge in [-0.3, -0.25) is 19.2 Å². The molecular formula is C16H14ClF2N3O5S. The normalized spacial score (nSPS) is 12.3. The number of benzene rings is 2. The summed E-state index contributed by atoms with van der Waals surface area (Å²) in [6.07, 6.45) is 0.790. The quantitative estimate of drug-likeness (QED) is 0.555. The molecule has 150 valence electrons. The monoisotopic (exact) mass is 433 g/mol. The zero-order valence-corrected chi connectivity index (χ0v) is 16.1. The van der Waals surface area contributed by atoms with Crippen molar-refractivity contribution in [1.29, 1.82) is 0 Å². The summed E-state index contributed by atoms with van der Waals surface area (Å²) in [4.78, 5) is 22.7. The van der Waals surface area contributed by atoms with Gasteiger partial charge < -0.3 is 5.32 Å². The number of carbonyl (C=O) groups excluding carboxylic acids is 1. The van der Waals surface area contributed by atoms with Crippen molar-refractivity contribution in [2.24, 2.45) is 0 Å². The van der Waals surface area contributed by atoms with E-state index in [0.29, 0.717) is 10.4 Å². The van der Waals surface area contributed by atoms with Crippen molar-refractivity contribution in [2.45, 2.75) is 13.0 Å². The third-order valence-corrected chi connectivity index (χ3v) is 5.24. The lowest BCUT2D eigenvalue weighted by Gasteiger charge is -2.28. The van der Waals surface area contributed by atoms with Crippen LogP contribution in [0.5, 0.6) is 0 Å². The number of nitro benzene ring substituents is 1. The van der Waals surface area contributed by atoms with Crippen molar-refractivity contribution in [3.63, 3.8) is 0 Å². The molecule has 0 aliphatic carbocycles. The predicted molar refractivity (Wildman–Crippen MR) is 99.9 cm³/mol. The van der Waals surface area contributed by atoms with Gasteiger partial charge in [0.2, 0.25) is 15.9 Å². The van der Waals surface area contributed by atoms with Crippen LogP contribution in [0.15, 0.2) is 36.4 Å². The van der Waals surface area contributed by atoms with Crippen LogP contribution in [0.3, 0.4) is 0 Å². The van der Waals surface area contributed by atoms with Crippen LogP contribution in [0.2, 0.25) is 5.02 Å². The molecule has 0 unspecified atom stereocenters. The number of nitrogens with zero attached hydrogens (tertiary/aromatic N) is 2. The number of amides is 1. The molecule has 1 N–H and O–H groups in total. The zero-order chi connectivity index (χ0) is 21.2. The summed E-state index contributed by atoms with van der Waals surface area (Å²) < 4.78 is 51.6. The molecule has 28 heavy (non-hydrogen) atoms. The maximum absolute atomic E-state index is 13.5. The van der Waals surface area contributed by atoms with Gasteiger partial charge in [0.1, 0.15) is 6.04 Å². The SMILES string of the molecule is C[C@H](C(=O)Nc1cc([N+](=O)[O-])ccc1Cl)N(c1ccc(F)c(F)c1)S(C)(=O)=O. The molecule has 2 aromatic rings. The van der Waals surface area contributed by atoms with Crippen molar-refractivity contribution in [3.8, 4) is 0 Å². The molecule has 0 aliphatic heterocycles. The van der Waals surface area contributed by atoms with Crippen LogP contribution < -0.4 is 9.62 Å². The number of nitrogens with one attached hydrogen (secondary N) is 1. The molecule has 0 spiro atoms. The highest BCUT2D eigenvalue weighted by Crippen LogP contribution is 2.28. The fourth-order valence-electron chi connectivity index (χ4n) is 2.39. The molecule has 12 heteroatoms. The van der Waals surface area contributed by atoms with Crippen LogP contribution in [0.25, 0.3) is 0 Å². The molecule has 8 nitrogen and oxygen atoms in total. The molecule has 0 saturated heterocycles. The first-order valence-electron chi connectivity index (χ1n) is 7.61. The van der Waals surface area contributed by atoms with Crippen molar-refractivity contribution in [3.05, 3.63) is 63.2 Å². The minimum Gasteiger partial charge on any atom is -0.323 e. The standard InChI is InChI=1S/C16H14ClF2N3O5S/c1-9(16(23)20-15-8-11(22(24)25)3-5-12(15)17)21(28(2,26)27)10-4-6-13(18)14(19)7-10/h3-9H,1-2H3,(H,20,23)/t9-/m1/s1. The van der Waals surface area contributed by atoms with E-state index in [2.05, 4.69) is 5.32 Å². The van der Waals surface area contributed by atoms with Crippen LogP contribution in [0.1, 0.15) is 6.92 Å². The van der Waals surface area contributed by atoms with Gasteiger partial charge in [-0.2, -0.15) is 0 Å². The Kier molecular flexibility index (Phi) is 6.20. The van der Waals surface area contributed by atoms with Crippen molar-refractivity contribution < 1.29 is 26.9 Å². The third-order valence-electron chi connectivity index (χ3n) is 3.66. The van der Waals surface area contributed by atoms with E-state index in [4.69, 9.17) is 11.6 Å². The Labute approximate surface area is 163 Å². The maximum atomic E-state index is 13.5. The first kappa shape index (κ1) is 21.5. The Bertz CT molecular complexity index is 1050. The Morgan fingerprint density at radius 1 is 1.21 bits per heavy atom. The first-order valence-corrected chi connectivity index (χ1v) is 9.83. The molecule has 0 heterocycles. The highest BCUT2D eigenvalue weighted by atomic mass is 35.5. The minimum absolute atomic E-state index is 0.00937. The topological polar surface area (TPSA) is 110 Å². The lowest BCUT2D eigenvalue weighted by molar-refractivity contribution is -0.384. The second-order valence-corrected chi connectivity index (χ2v) is 8.01. The van der Waals surface area contributed by atoms with Gasteiger partial charge in [0.05, 0.1) is 27.6 Å². The number of halogens is 3. The number of sulfonamides is 1. The van der Waals surface area contributed by atoms with E-state index in [-0.39, 0.29) is 22.1 Å². The number of non-ortho nitro benzene ring substituents is 1. The molecule has 0 fully saturated rings. The molecule has 0 radical (unpaired) electrons. The van der Waals surface area contributed by atoms with E-state index >= 15 is 0 Å². The predicted octanol–water partition coefficient (Wildman–Crippen LogP) is 3.32. The molecule has 0 saturated carbocycles. The van der Waals surface area contributed by atoms with E-state index in [0.717, 1.165) is 30.5 Å². The molecule has 1 atom stereocenters. The Hall–Kier alpha value is -2.79. The summed E-state index contributed by atoms with van der Waals surface area (Å²) in [6, 6.07) is 4.30. The van der Waals surface area contributed by atoms with Crippen LogP contribution in [-0.4, -0.2) is 31.5 Å². The van der Waals surface area contributed by atoms with Crippen molar-refractivity contribution in [1.82, 2.24) is 0 Å². The lowest BCUT2D eigenvalue weighted by atomic mass is 10.2. The summed E-state index contributed by atoms with van der Waals surface area (Å²) in [5.74, 6) is -3.37. The largest absolute Gasteiger partial charge is 0.323 e. The lowest BCUT2D eigenvalue weighted by Crippen LogP contribution is -2.45. The number of rotatable bonds is 6. The van der Waals surface area contributed by atoms with E-state index < -0.39 is 38.5 Å². The van der Waals surface area contributed by atoms with Crippen LogP contribution in [-0.2, 0) is 14.8 Å². The van der Waals surface area contributed by atoms with Gasteiger partial charge >= 0.3 is 0 Å². The second kappa shape index (κ2) is 8.07. The number of hydrogen-bond acceptors (Lipinski definition) is 5. The van der Waals surface area contributed by atoms with E-state index in [1.807, 2.05) is 0 Å². The van der Waals surface area contributed by atoms with Gasteiger partial charge in [0.25, 0.3) is 5.69 Å². The summed E-state index contributed by atoms with van der Waals surface area (Å²) in [5.41, 5.74) is -0.714. The molecule has 1 amide bonds. The molecule has 2 rings (SSSR count). The number of hydrogen-bond donors (Lipinski definition) is 1. The van der Waals surface area contributed by atoms with E-state index in [9.17, 15) is 32.1 Å². The Balaban J connectivity index is 2.38. The van der Waals surface area contributed by atoms with E-state index in [1.54, 1.807) is 0 Å². The average Bonchev–Trinajstić information content (AvgIpc) is 2.58. The maximum Gasteiger partial charge on any atom is 0.271 e. The fraction of sp³-hybridized carbons (Fsp3) is 0.188. The number of carbonyl (C=O) groups is 1. The van der Waals surface area contributed by atoms with Gasteiger partial charge in [-0.05, 0) is 25.1 Å². The first-order chi connectivity index (χ1) is 12.9. The van der Waals surface area contributed by atoms with Gasteiger partial charge in [0, 0.05) is 18.2 Å². The second-order valence-electron chi connectivity index (χ2n) is 5.74. The fourth-order valence-corrected chi connectivity index (χ4v) is 3.72. The van der Waals surface area contributed by atoms with E-state index in [1.165, 1.54) is 13.0 Å². The summed E-state index contributed by atoms with van der Waals surface area (Å²) in [7, 11) is -4.07. The molecule has 0 aromatic heterocycles. The summed E-state index contributed by atoms with van der Waals surface area (Å²) in [6.45, 7) is 1.21. The Morgan fingerprint density at radius 3 is 2.39 bits per heavy atom. The molecule has 0 aliphatic rings. The van der Waals surface area contributed by atoms with Gasteiger partial charge in [-0.1, -0.05) is 11.6 Å². The summed E-state index contributed by atoms with van der Waals surface area (Å²) >= 11 is 5.91. The molecule has 0 bridgehead atoms. The van der Waals surface area contributed by atoms with Crippen molar-refractivity contribution in [2.75, 3.05) is 15.9 Å². The number of anilines is 2. The van der Waals surface area contributed by atoms with Crippen molar-refractivity contribution >= 4 is 44.6 Å². The third kappa shape index (κ3) is 4.73. The van der Waals surface area contributed by atoms with Crippen LogP contribution in [0, 0.1) is 21.7 Å². The Morgan fingerprint density at radius 2 is 1.86 bits per heavy atom. The highest BCUT2D eigenvalue weighted by molar-refractivity contribution is 7.92. The minimum atomic E-state index is -4.07. The van der Waals surface area contributed by atoms with Gasteiger partial charge in [0.15, 0.2) is 11.6 Å². The van der Waals surface area contributed by atoms with Gasteiger partial charge in [-0.15, -0.1) is 0 Å². The molecular weight excluding hydrogens is 420 g/mol. The van der Waals surface area contributed by atoms with Gasteiger partial charge in [-0.25, -0.2) is 17.2 Å².